The number of rotatable bonds is 7. The molecule has 0 spiro atoms. The van der Waals surface area contributed by atoms with Gasteiger partial charge in [-0.25, -0.2) is 4.98 Å². The van der Waals surface area contributed by atoms with Gasteiger partial charge in [-0.05, 0) is 24.3 Å². The van der Waals surface area contributed by atoms with Crippen LogP contribution in [0.3, 0.4) is 0 Å². The van der Waals surface area contributed by atoms with Gasteiger partial charge in [-0.15, -0.1) is 0 Å². The topological polar surface area (TPSA) is 59.8 Å². The molecule has 0 aliphatic carbocycles. The Morgan fingerprint density at radius 2 is 1.73 bits per heavy atom. The average Bonchev–Trinajstić information content (AvgIpc) is 3.21. The fourth-order valence-electron chi connectivity index (χ4n) is 2.99. The van der Waals surface area contributed by atoms with E-state index in [-0.39, 0.29) is 11.7 Å². The van der Waals surface area contributed by atoms with E-state index in [1.54, 1.807) is 6.20 Å². The van der Waals surface area contributed by atoms with Gasteiger partial charge in [-0.2, -0.15) is 0 Å². The lowest BCUT2D eigenvalue weighted by Gasteiger charge is -2.13. The predicted molar refractivity (Wildman–Crippen MR) is 121 cm³/mol. The number of para-hydroxylation sites is 1. The van der Waals surface area contributed by atoms with Gasteiger partial charge in [0.2, 0.25) is 5.91 Å². The lowest BCUT2D eigenvalue weighted by molar-refractivity contribution is -0.118. The minimum absolute atomic E-state index is 0.0828. The fourth-order valence-corrected chi connectivity index (χ4v) is 4.02. The molecule has 0 bridgehead atoms. The first-order chi connectivity index (χ1) is 14.7. The van der Waals surface area contributed by atoms with Gasteiger partial charge in [0.05, 0.1) is 40.6 Å². The van der Waals surface area contributed by atoms with Crippen LogP contribution in [0.15, 0.2) is 90.3 Å². The Hall–Kier alpha value is -3.09. The van der Waals surface area contributed by atoms with Crippen molar-refractivity contribution in [1.82, 2.24) is 19.9 Å². The molecule has 0 atom stereocenters. The standard InChI is InChI=1S/C23H19ClN4OS/c24-19-11-4-5-12-20(19)28-21(17-8-2-1-3-9-17)15-27-23(28)30-16-22(29)26-14-18-10-6-7-13-25-18/h1-13,15H,14,16H2,(H,26,29). The Morgan fingerprint density at radius 1 is 0.967 bits per heavy atom. The predicted octanol–water partition coefficient (Wildman–Crippen LogP) is 5.00. The normalized spacial score (nSPS) is 10.7. The van der Waals surface area contributed by atoms with Crippen molar-refractivity contribution in [2.75, 3.05) is 5.75 Å². The highest BCUT2D eigenvalue weighted by atomic mass is 35.5. The number of hydrogen-bond acceptors (Lipinski definition) is 4. The Bertz CT molecular complexity index is 1130. The smallest absolute Gasteiger partial charge is 0.230 e. The van der Waals surface area contributed by atoms with Crippen LogP contribution in [0.25, 0.3) is 16.9 Å². The maximum atomic E-state index is 12.4. The SMILES string of the molecule is O=C(CSc1ncc(-c2ccccc2)n1-c1ccccc1Cl)NCc1ccccn1. The lowest BCUT2D eigenvalue weighted by Crippen LogP contribution is -2.25. The van der Waals surface area contributed by atoms with Gasteiger partial charge in [-0.3, -0.25) is 14.3 Å². The number of nitrogens with zero attached hydrogens (tertiary/aromatic N) is 3. The third-order valence-corrected chi connectivity index (χ3v) is 5.69. The molecule has 0 fully saturated rings. The summed E-state index contributed by atoms with van der Waals surface area (Å²) in [6, 6.07) is 23.2. The summed E-state index contributed by atoms with van der Waals surface area (Å²) in [7, 11) is 0. The van der Waals surface area contributed by atoms with Gasteiger partial charge in [0.25, 0.3) is 0 Å². The zero-order chi connectivity index (χ0) is 20.8. The highest BCUT2D eigenvalue weighted by Crippen LogP contribution is 2.32. The maximum Gasteiger partial charge on any atom is 0.230 e. The molecule has 0 aliphatic heterocycles. The molecule has 0 saturated carbocycles. The van der Waals surface area contributed by atoms with Crippen LogP contribution in [0.4, 0.5) is 0 Å². The number of nitrogens with one attached hydrogen (secondary N) is 1. The molecular formula is C23H19ClN4OS. The van der Waals surface area contributed by atoms with Gasteiger partial charge in [-0.1, -0.05) is 71.9 Å². The van der Waals surface area contributed by atoms with Crippen molar-refractivity contribution >= 4 is 29.3 Å². The number of thioether (sulfide) groups is 1. The summed E-state index contributed by atoms with van der Waals surface area (Å²) in [5.41, 5.74) is 3.59. The van der Waals surface area contributed by atoms with E-state index in [1.807, 2.05) is 83.6 Å². The van der Waals surface area contributed by atoms with E-state index in [4.69, 9.17) is 11.6 Å². The van der Waals surface area contributed by atoms with Gasteiger partial charge in [0.1, 0.15) is 0 Å². The monoisotopic (exact) mass is 434 g/mol. The molecule has 0 radical (unpaired) electrons. The average molecular weight is 435 g/mol. The summed E-state index contributed by atoms with van der Waals surface area (Å²) < 4.78 is 1.99. The third-order valence-electron chi connectivity index (χ3n) is 4.42. The first kappa shape index (κ1) is 20.2. The number of amides is 1. The summed E-state index contributed by atoms with van der Waals surface area (Å²) in [5.74, 6) is 0.156. The van der Waals surface area contributed by atoms with Gasteiger partial charge < -0.3 is 5.32 Å². The molecule has 5 nitrogen and oxygen atoms in total. The third kappa shape index (κ3) is 4.72. The van der Waals surface area contributed by atoms with E-state index in [9.17, 15) is 4.79 Å². The van der Waals surface area contributed by atoms with Crippen LogP contribution in [0, 0.1) is 0 Å². The van der Waals surface area contributed by atoms with E-state index in [1.165, 1.54) is 11.8 Å². The van der Waals surface area contributed by atoms with Crippen molar-refractivity contribution in [1.29, 1.82) is 0 Å². The van der Waals surface area contributed by atoms with E-state index in [2.05, 4.69) is 15.3 Å². The summed E-state index contributed by atoms with van der Waals surface area (Å²) in [5, 5.41) is 4.22. The van der Waals surface area contributed by atoms with Crippen molar-refractivity contribution < 1.29 is 4.79 Å². The number of hydrogen-bond donors (Lipinski definition) is 1. The number of pyridine rings is 1. The second-order valence-electron chi connectivity index (χ2n) is 6.47. The molecule has 1 amide bonds. The number of benzene rings is 2. The summed E-state index contributed by atoms with van der Waals surface area (Å²) in [6.45, 7) is 0.397. The zero-order valence-corrected chi connectivity index (χ0v) is 17.6. The van der Waals surface area contributed by atoms with Crippen LogP contribution < -0.4 is 5.32 Å². The maximum absolute atomic E-state index is 12.4. The molecule has 2 aromatic heterocycles. The molecule has 150 valence electrons. The van der Waals surface area contributed by atoms with E-state index in [0.717, 1.165) is 22.6 Å². The van der Waals surface area contributed by atoms with Gasteiger partial charge >= 0.3 is 0 Å². The summed E-state index contributed by atoms with van der Waals surface area (Å²) in [4.78, 5) is 21.2. The molecule has 0 unspecified atom stereocenters. The van der Waals surface area contributed by atoms with Gasteiger partial charge in [0, 0.05) is 11.8 Å². The van der Waals surface area contributed by atoms with Crippen molar-refractivity contribution in [3.05, 3.63) is 95.9 Å². The fraction of sp³-hybridized carbons (Fsp3) is 0.0870. The molecule has 1 N–H and O–H groups in total. The van der Waals surface area contributed by atoms with Crippen molar-refractivity contribution in [3.8, 4) is 16.9 Å². The van der Waals surface area contributed by atoms with E-state index in [0.29, 0.717) is 16.7 Å². The second-order valence-corrected chi connectivity index (χ2v) is 7.82. The minimum Gasteiger partial charge on any atom is -0.350 e. The molecule has 0 aliphatic rings. The largest absolute Gasteiger partial charge is 0.350 e. The van der Waals surface area contributed by atoms with Crippen LogP contribution in [0.5, 0.6) is 0 Å². The molecule has 0 saturated heterocycles. The lowest BCUT2D eigenvalue weighted by atomic mass is 10.1. The Balaban J connectivity index is 1.55. The molecule has 4 aromatic rings. The van der Waals surface area contributed by atoms with Crippen molar-refractivity contribution in [2.45, 2.75) is 11.7 Å². The molecule has 4 rings (SSSR count). The number of carbonyl (C=O) groups excluding carboxylic acids is 1. The first-order valence-electron chi connectivity index (χ1n) is 9.40. The minimum atomic E-state index is -0.0828. The van der Waals surface area contributed by atoms with Crippen LogP contribution in [0.1, 0.15) is 5.69 Å². The second kappa shape index (κ2) is 9.61. The Morgan fingerprint density at radius 3 is 2.50 bits per heavy atom. The van der Waals surface area contributed by atoms with Gasteiger partial charge in [0.15, 0.2) is 5.16 Å². The molecular weight excluding hydrogens is 416 g/mol. The molecule has 7 heteroatoms. The van der Waals surface area contributed by atoms with Crippen molar-refractivity contribution in [2.24, 2.45) is 0 Å². The zero-order valence-electron chi connectivity index (χ0n) is 16.0. The highest BCUT2D eigenvalue weighted by Gasteiger charge is 2.17. The molecule has 2 heterocycles. The van der Waals surface area contributed by atoms with E-state index >= 15 is 0 Å². The number of halogens is 1. The molecule has 30 heavy (non-hydrogen) atoms. The number of carbonyl (C=O) groups is 1. The van der Waals surface area contributed by atoms with Crippen molar-refractivity contribution in [3.63, 3.8) is 0 Å². The number of imidazole rings is 1. The molecule has 2 aromatic carbocycles. The van der Waals surface area contributed by atoms with Crippen LogP contribution in [-0.2, 0) is 11.3 Å². The Kier molecular flexibility index (Phi) is 6.47. The van der Waals surface area contributed by atoms with Crippen LogP contribution in [0.2, 0.25) is 5.02 Å². The highest BCUT2D eigenvalue weighted by molar-refractivity contribution is 7.99. The Labute approximate surface area is 184 Å². The van der Waals surface area contributed by atoms with E-state index < -0.39 is 0 Å². The summed E-state index contributed by atoms with van der Waals surface area (Å²) in [6.07, 6.45) is 3.52. The van der Waals surface area contributed by atoms with Crippen LogP contribution in [-0.4, -0.2) is 26.2 Å². The number of aromatic nitrogens is 3. The summed E-state index contributed by atoms with van der Waals surface area (Å²) >= 11 is 7.85. The quantitative estimate of drug-likeness (QED) is 0.416. The van der Waals surface area contributed by atoms with Crippen LogP contribution >= 0.6 is 23.4 Å². The first-order valence-corrected chi connectivity index (χ1v) is 10.8.